The first kappa shape index (κ1) is 96.0. The van der Waals surface area contributed by atoms with E-state index in [9.17, 15) is 0 Å². The molecule has 0 amide bonds. The SMILES string of the molecule is [Mg+2].[Mg+2].[O-2].[O-2].[O-2].[Zn+2]. The second-order valence-corrected chi connectivity index (χ2v) is 0. The van der Waals surface area contributed by atoms with Crippen LogP contribution in [0.2, 0.25) is 0 Å². The Morgan fingerprint density at radius 1 is 0.500 bits per heavy atom. The summed E-state index contributed by atoms with van der Waals surface area (Å²) >= 11 is 0. The van der Waals surface area contributed by atoms with E-state index in [1.807, 2.05) is 0 Å². The average molecular weight is 162 g/mol. The summed E-state index contributed by atoms with van der Waals surface area (Å²) in [7, 11) is 0. The van der Waals surface area contributed by atoms with Gasteiger partial charge in [-0.2, -0.15) is 0 Å². The number of hydrogen-bond donors (Lipinski definition) is 0. The molecule has 0 heterocycles. The van der Waals surface area contributed by atoms with Gasteiger partial charge in [-0.3, -0.25) is 0 Å². The van der Waals surface area contributed by atoms with Gasteiger partial charge >= 0.3 is 65.6 Å². The topological polar surface area (TPSA) is 85.5 Å². The van der Waals surface area contributed by atoms with Gasteiger partial charge < -0.3 is 16.4 Å². The fraction of sp³-hybridized carbons (Fsp3) is 0. The maximum atomic E-state index is 0. The van der Waals surface area contributed by atoms with Gasteiger partial charge in [0.05, 0.1) is 0 Å². The smallest absolute Gasteiger partial charge is 2.00 e. The van der Waals surface area contributed by atoms with Gasteiger partial charge in [0.1, 0.15) is 0 Å². The molecule has 0 aliphatic heterocycles. The fourth-order valence-electron chi connectivity index (χ4n) is 0. The van der Waals surface area contributed by atoms with Crippen LogP contribution in [-0.2, 0) is 35.9 Å². The van der Waals surface area contributed by atoms with Crippen molar-refractivity contribution in [2.45, 2.75) is 0 Å². The van der Waals surface area contributed by atoms with Crippen LogP contribution in [0, 0.1) is 0 Å². The Morgan fingerprint density at radius 3 is 0.500 bits per heavy atom. The van der Waals surface area contributed by atoms with Gasteiger partial charge in [-0.15, -0.1) is 0 Å². The summed E-state index contributed by atoms with van der Waals surface area (Å²) in [6.07, 6.45) is 0. The first-order valence-corrected chi connectivity index (χ1v) is 0. The van der Waals surface area contributed by atoms with Crippen molar-refractivity contribution in [2.24, 2.45) is 0 Å². The summed E-state index contributed by atoms with van der Waals surface area (Å²) in [5.41, 5.74) is 0. The Kier molecular flexibility index (Phi) is 989. The maximum absolute atomic E-state index is 0. The van der Waals surface area contributed by atoms with Crippen LogP contribution in [0.25, 0.3) is 0 Å². The van der Waals surface area contributed by atoms with Crippen LogP contribution in [0.1, 0.15) is 0 Å². The molecular weight excluding hydrogens is 162 g/mol. The first-order chi connectivity index (χ1) is 0. The van der Waals surface area contributed by atoms with Crippen LogP contribution in [0.4, 0.5) is 0 Å². The summed E-state index contributed by atoms with van der Waals surface area (Å²) in [6, 6.07) is 0. The molecule has 0 unspecified atom stereocenters. The van der Waals surface area contributed by atoms with Crippen molar-refractivity contribution in [1.29, 1.82) is 0 Å². The quantitative estimate of drug-likeness (QED) is 0.404. The van der Waals surface area contributed by atoms with Crippen molar-refractivity contribution < 1.29 is 35.9 Å². The molecule has 0 radical (unpaired) electrons. The van der Waals surface area contributed by atoms with Crippen LogP contribution in [0.15, 0.2) is 0 Å². The zero-order valence-corrected chi connectivity index (χ0v) is 9.14. The molecule has 0 N–H and O–H groups in total. The second-order valence-electron chi connectivity index (χ2n) is 0. The molecule has 3 nitrogen and oxygen atoms in total. The van der Waals surface area contributed by atoms with Gasteiger partial charge in [-0.1, -0.05) is 0 Å². The molecule has 0 saturated carbocycles. The molecule has 0 rings (SSSR count). The van der Waals surface area contributed by atoms with Gasteiger partial charge in [-0.25, -0.2) is 0 Å². The fourth-order valence-corrected chi connectivity index (χ4v) is 0. The molecule has 0 aliphatic carbocycles. The Bertz CT molecular complexity index is 8.75. The molecule has 0 bridgehead atoms. The predicted molar refractivity (Wildman–Crippen MR) is 13.6 cm³/mol. The van der Waals surface area contributed by atoms with Crippen LogP contribution < -0.4 is 0 Å². The van der Waals surface area contributed by atoms with Crippen molar-refractivity contribution in [1.82, 2.24) is 0 Å². The molecule has 0 atom stereocenters. The van der Waals surface area contributed by atoms with Crippen LogP contribution in [-0.4, -0.2) is 46.1 Å². The zero-order chi connectivity index (χ0) is 0. The minimum absolute atomic E-state index is 0. The summed E-state index contributed by atoms with van der Waals surface area (Å²) in [4.78, 5) is 0. The Balaban J connectivity index is 0. The molecule has 0 spiro atoms. The Labute approximate surface area is 81.2 Å². The molecule has 6 heteroatoms. The summed E-state index contributed by atoms with van der Waals surface area (Å²) in [5, 5.41) is 0. The Morgan fingerprint density at radius 2 is 0.500 bits per heavy atom. The van der Waals surface area contributed by atoms with Crippen LogP contribution in [0.3, 0.4) is 0 Å². The zero-order valence-electron chi connectivity index (χ0n) is 3.35. The first-order valence-electron chi connectivity index (χ1n) is 0. The molecule has 0 aromatic heterocycles. The van der Waals surface area contributed by atoms with E-state index < -0.39 is 0 Å². The minimum atomic E-state index is 0. The van der Waals surface area contributed by atoms with E-state index in [2.05, 4.69) is 0 Å². The largest absolute Gasteiger partial charge is 2.00 e. The summed E-state index contributed by atoms with van der Waals surface area (Å²) in [6.45, 7) is 0. The van der Waals surface area contributed by atoms with Crippen LogP contribution in [0.5, 0.6) is 0 Å². The molecule has 0 aromatic rings. The third-order valence-corrected chi connectivity index (χ3v) is 0. The molecule has 0 fully saturated rings. The van der Waals surface area contributed by atoms with E-state index in [1.165, 1.54) is 0 Å². The number of rotatable bonds is 0. The van der Waals surface area contributed by atoms with Gasteiger partial charge in [0.15, 0.2) is 0 Å². The van der Waals surface area contributed by atoms with Crippen molar-refractivity contribution in [2.75, 3.05) is 0 Å². The number of hydrogen-bond acceptors (Lipinski definition) is 0. The monoisotopic (exact) mass is 160 g/mol. The van der Waals surface area contributed by atoms with Crippen molar-refractivity contribution in [3.05, 3.63) is 0 Å². The van der Waals surface area contributed by atoms with E-state index in [0.717, 1.165) is 0 Å². The molecular formula is Mg2O3Zn. The van der Waals surface area contributed by atoms with Crippen molar-refractivity contribution >= 4 is 46.1 Å². The molecule has 0 aliphatic rings. The average Bonchev–Trinajstić information content (AvgIpc) is 0. The summed E-state index contributed by atoms with van der Waals surface area (Å²) < 4.78 is 0. The third-order valence-electron chi connectivity index (χ3n) is 0. The normalized spacial score (nSPS) is 0. The predicted octanol–water partition coefficient (Wildman–Crippen LogP) is -1.12. The Hall–Kier alpha value is 2.04. The second kappa shape index (κ2) is 61.8. The van der Waals surface area contributed by atoms with Crippen molar-refractivity contribution in [3.63, 3.8) is 0 Å². The molecule has 6 heavy (non-hydrogen) atoms. The minimum Gasteiger partial charge on any atom is -2.00 e. The van der Waals surface area contributed by atoms with E-state index in [0.29, 0.717) is 0 Å². The van der Waals surface area contributed by atoms with Gasteiger partial charge in [0.2, 0.25) is 0 Å². The van der Waals surface area contributed by atoms with Crippen LogP contribution >= 0.6 is 0 Å². The third kappa shape index (κ3) is 36.9. The summed E-state index contributed by atoms with van der Waals surface area (Å²) in [5.74, 6) is 0. The van der Waals surface area contributed by atoms with Crippen molar-refractivity contribution in [3.8, 4) is 0 Å². The van der Waals surface area contributed by atoms with Gasteiger partial charge in [0, 0.05) is 0 Å². The standard InChI is InChI=1S/2Mg.3O.Zn/q2*+2;3*-2;+2. The van der Waals surface area contributed by atoms with E-state index in [4.69, 9.17) is 0 Å². The van der Waals surface area contributed by atoms with E-state index in [1.54, 1.807) is 0 Å². The van der Waals surface area contributed by atoms with Gasteiger partial charge in [0.25, 0.3) is 0 Å². The molecule has 0 saturated heterocycles. The van der Waals surface area contributed by atoms with E-state index >= 15 is 0 Å². The maximum Gasteiger partial charge on any atom is 2.00 e. The van der Waals surface area contributed by atoms with E-state index in [-0.39, 0.29) is 82.0 Å². The molecule has 0 aromatic carbocycles. The van der Waals surface area contributed by atoms with Gasteiger partial charge in [-0.05, 0) is 0 Å². The molecule has 24 valence electrons.